The lowest BCUT2D eigenvalue weighted by Crippen LogP contribution is -2.64. The first-order valence-electron chi connectivity index (χ1n) is 9.71. The highest BCUT2D eigenvalue weighted by Crippen LogP contribution is 2.31. The maximum atomic E-state index is 13.2. The molecular weight excluding hydrogens is 480 g/mol. The van der Waals surface area contributed by atoms with Crippen LogP contribution < -0.4 is 0 Å². The summed E-state index contributed by atoms with van der Waals surface area (Å²) in [6.45, 7) is 0.213. The first-order valence-corrected chi connectivity index (χ1v) is 11.5. The van der Waals surface area contributed by atoms with E-state index in [9.17, 15) is 14.4 Å². The lowest BCUT2D eigenvalue weighted by molar-refractivity contribution is -0.137. The van der Waals surface area contributed by atoms with Crippen LogP contribution in [0.15, 0.2) is 64.1 Å². The fourth-order valence-electron chi connectivity index (χ4n) is 3.64. The summed E-state index contributed by atoms with van der Waals surface area (Å²) in [5.41, 5.74) is 1.50. The molecule has 0 aromatic heterocycles. The van der Waals surface area contributed by atoms with Crippen LogP contribution in [0.1, 0.15) is 15.9 Å². The summed E-state index contributed by atoms with van der Waals surface area (Å²) in [5.74, 6) is -0.105. The number of aliphatic imine (C=N–C) groups is 1. The molecule has 4 rings (SSSR count). The second-order valence-electron chi connectivity index (χ2n) is 7.40. The fourth-order valence-corrected chi connectivity index (χ4v) is 4.83. The van der Waals surface area contributed by atoms with E-state index in [1.54, 1.807) is 31.1 Å². The van der Waals surface area contributed by atoms with Crippen molar-refractivity contribution in [2.24, 2.45) is 4.99 Å². The van der Waals surface area contributed by atoms with Gasteiger partial charge in [-0.25, -0.2) is 9.79 Å². The normalized spacial score (nSPS) is 20.7. The molecule has 0 radical (unpaired) electrons. The maximum absolute atomic E-state index is 13.2. The molecule has 1 fully saturated rings. The van der Waals surface area contributed by atoms with Gasteiger partial charge in [-0.2, -0.15) is 0 Å². The van der Waals surface area contributed by atoms with Gasteiger partial charge in [0.2, 0.25) is 0 Å². The van der Waals surface area contributed by atoms with Crippen molar-refractivity contribution in [3.63, 3.8) is 0 Å². The molecule has 2 atom stereocenters. The molecule has 2 aromatic carbocycles. The van der Waals surface area contributed by atoms with E-state index in [0.29, 0.717) is 10.7 Å². The highest BCUT2D eigenvalue weighted by atomic mass is 79.9. The van der Waals surface area contributed by atoms with Crippen molar-refractivity contribution >= 4 is 50.6 Å². The van der Waals surface area contributed by atoms with E-state index in [1.807, 2.05) is 42.5 Å². The van der Waals surface area contributed by atoms with Crippen LogP contribution in [0.4, 0.5) is 4.79 Å². The number of fused-ring (bicyclic) bond motifs is 1. The molecule has 9 heteroatoms. The van der Waals surface area contributed by atoms with Crippen molar-refractivity contribution in [3.8, 4) is 0 Å². The third-order valence-electron chi connectivity index (χ3n) is 5.37. The number of imide groups is 1. The van der Waals surface area contributed by atoms with E-state index in [1.165, 1.54) is 21.6 Å². The van der Waals surface area contributed by atoms with Gasteiger partial charge in [0, 0.05) is 24.1 Å². The van der Waals surface area contributed by atoms with Gasteiger partial charge in [0.25, 0.3) is 5.91 Å². The Bertz CT molecular complexity index is 1040. The molecule has 7 nitrogen and oxygen atoms in total. The van der Waals surface area contributed by atoms with Crippen molar-refractivity contribution in [2.75, 3.05) is 19.8 Å². The molecule has 2 aliphatic rings. The predicted octanol–water partition coefficient (Wildman–Crippen LogP) is 3.46. The van der Waals surface area contributed by atoms with Gasteiger partial charge in [-0.05, 0) is 17.7 Å². The molecule has 1 saturated heterocycles. The van der Waals surface area contributed by atoms with Crippen LogP contribution in [0.3, 0.4) is 0 Å². The number of nitrogens with zero attached hydrogens (tertiary/aromatic N) is 4. The minimum atomic E-state index is -0.600. The van der Waals surface area contributed by atoms with Gasteiger partial charge in [-0.3, -0.25) is 14.5 Å². The van der Waals surface area contributed by atoms with E-state index in [0.717, 1.165) is 10.0 Å². The zero-order valence-electron chi connectivity index (χ0n) is 17.1. The van der Waals surface area contributed by atoms with Gasteiger partial charge in [0.05, 0.1) is 12.3 Å². The van der Waals surface area contributed by atoms with Gasteiger partial charge < -0.3 is 9.80 Å². The minimum Gasteiger partial charge on any atom is -0.339 e. The van der Waals surface area contributed by atoms with Crippen LogP contribution >= 0.6 is 27.7 Å². The van der Waals surface area contributed by atoms with Gasteiger partial charge in [0.15, 0.2) is 23.2 Å². The number of ketones is 1. The number of Topliss-reactive ketones (excluding diaryl/α,β-unsaturated/α-hetero) is 1. The molecule has 2 unspecified atom stereocenters. The number of urea groups is 1. The number of thioether (sulfide) groups is 1. The Balaban J connectivity index is 1.47. The van der Waals surface area contributed by atoms with Gasteiger partial charge in [-0.1, -0.05) is 70.2 Å². The molecule has 0 N–H and O–H groups in total. The van der Waals surface area contributed by atoms with Gasteiger partial charge in [0.1, 0.15) is 0 Å². The summed E-state index contributed by atoms with van der Waals surface area (Å²) < 4.78 is 0.909. The quantitative estimate of drug-likeness (QED) is 0.587. The van der Waals surface area contributed by atoms with E-state index >= 15 is 0 Å². The Morgan fingerprint density at radius 2 is 1.71 bits per heavy atom. The molecule has 2 aromatic rings. The Kier molecular flexibility index (Phi) is 6.15. The fraction of sp³-hybridized carbons (Fsp3) is 0.273. The molecule has 160 valence electrons. The summed E-state index contributed by atoms with van der Waals surface area (Å²) >= 11 is 4.64. The average Bonchev–Trinajstić information content (AvgIpc) is 3.11. The highest BCUT2D eigenvalue weighted by molar-refractivity contribution is 9.10. The number of amidine groups is 1. The maximum Gasteiger partial charge on any atom is 0.328 e. The van der Waals surface area contributed by atoms with Crippen LogP contribution in [0.2, 0.25) is 0 Å². The van der Waals surface area contributed by atoms with Crippen LogP contribution in [0, 0.1) is 0 Å². The topological polar surface area (TPSA) is 73.3 Å². The van der Waals surface area contributed by atoms with E-state index in [-0.39, 0.29) is 30.0 Å². The number of amides is 3. The number of likely N-dealkylation sites (N-methyl/N-ethyl adjacent to an activating group) is 2. The van der Waals surface area contributed by atoms with Crippen molar-refractivity contribution in [2.45, 2.75) is 18.8 Å². The number of carbonyl (C=O) groups excluding carboxylic acids is 3. The van der Waals surface area contributed by atoms with Crippen molar-refractivity contribution < 1.29 is 14.4 Å². The third-order valence-corrected chi connectivity index (χ3v) is 6.96. The Morgan fingerprint density at radius 3 is 2.39 bits per heavy atom. The number of halogens is 1. The number of hydrogen-bond donors (Lipinski definition) is 0. The number of rotatable bonds is 5. The van der Waals surface area contributed by atoms with E-state index < -0.39 is 12.2 Å². The van der Waals surface area contributed by atoms with Crippen molar-refractivity contribution in [3.05, 3.63) is 70.2 Å². The smallest absolute Gasteiger partial charge is 0.328 e. The molecule has 2 aliphatic heterocycles. The lowest BCUT2D eigenvalue weighted by atomic mass is 10.1. The van der Waals surface area contributed by atoms with Crippen LogP contribution in [-0.4, -0.2) is 69.6 Å². The number of hydrogen-bond acceptors (Lipinski definition) is 6. The molecule has 2 heterocycles. The largest absolute Gasteiger partial charge is 0.339 e. The second kappa shape index (κ2) is 8.84. The predicted molar refractivity (Wildman–Crippen MR) is 124 cm³/mol. The summed E-state index contributed by atoms with van der Waals surface area (Å²) in [7, 11) is 3.44. The van der Waals surface area contributed by atoms with E-state index in [2.05, 4.69) is 20.9 Å². The van der Waals surface area contributed by atoms with Crippen molar-refractivity contribution in [1.29, 1.82) is 0 Å². The average molecular weight is 501 g/mol. The van der Waals surface area contributed by atoms with Crippen LogP contribution in [-0.2, 0) is 11.3 Å². The SMILES string of the molecule is CN1C(=O)N(Cc2ccccc2)C(=O)C2C1N=C(SCC(=O)c1ccc(Br)cc1)N2C. The highest BCUT2D eigenvalue weighted by Gasteiger charge is 2.51. The van der Waals surface area contributed by atoms with E-state index in [4.69, 9.17) is 0 Å². The van der Waals surface area contributed by atoms with Crippen LogP contribution in [0.5, 0.6) is 0 Å². The Morgan fingerprint density at radius 1 is 1.03 bits per heavy atom. The summed E-state index contributed by atoms with van der Waals surface area (Å²) in [6.07, 6.45) is -0.595. The Hall–Kier alpha value is -2.65. The first-order chi connectivity index (χ1) is 14.9. The monoisotopic (exact) mass is 500 g/mol. The van der Waals surface area contributed by atoms with Crippen molar-refractivity contribution in [1.82, 2.24) is 14.7 Å². The minimum absolute atomic E-state index is 0.0232. The molecule has 0 aliphatic carbocycles. The summed E-state index contributed by atoms with van der Waals surface area (Å²) in [4.78, 5) is 47.7. The summed E-state index contributed by atoms with van der Waals surface area (Å²) in [5, 5.41) is 0.579. The van der Waals surface area contributed by atoms with Gasteiger partial charge >= 0.3 is 6.03 Å². The zero-order chi connectivity index (χ0) is 22.1. The second-order valence-corrected chi connectivity index (χ2v) is 9.26. The molecule has 3 amide bonds. The standard InChI is InChI=1S/C22H21BrN4O3S/c1-25-18-19(24-21(25)31-13-17(28)15-8-10-16(23)11-9-15)26(2)22(30)27(20(18)29)12-14-6-4-3-5-7-14/h3-11,18-19H,12-13H2,1-2H3. The summed E-state index contributed by atoms with van der Waals surface area (Å²) in [6, 6.07) is 15.6. The zero-order valence-corrected chi connectivity index (χ0v) is 19.5. The number of benzene rings is 2. The van der Waals surface area contributed by atoms with Gasteiger partial charge in [-0.15, -0.1) is 0 Å². The first kappa shape index (κ1) is 21.6. The lowest BCUT2D eigenvalue weighted by Gasteiger charge is -2.40. The molecule has 0 bridgehead atoms. The molecule has 0 spiro atoms. The molecule has 31 heavy (non-hydrogen) atoms. The van der Waals surface area contributed by atoms with Crippen LogP contribution in [0.25, 0.3) is 0 Å². The number of carbonyl (C=O) groups is 3. The molecular formula is C22H21BrN4O3S. The Labute approximate surface area is 193 Å². The third kappa shape index (κ3) is 4.24. The molecule has 0 saturated carbocycles.